The van der Waals surface area contributed by atoms with E-state index in [1.807, 2.05) is 24.3 Å². The van der Waals surface area contributed by atoms with Crippen LogP contribution in [0.3, 0.4) is 0 Å². The zero-order valence-corrected chi connectivity index (χ0v) is 16.4. The fourth-order valence-electron chi connectivity index (χ4n) is 2.57. The lowest BCUT2D eigenvalue weighted by Crippen LogP contribution is -2.01. The number of rotatable bonds is 8. The van der Waals surface area contributed by atoms with Crippen LogP contribution in [-0.2, 0) is 18.7 Å². The van der Waals surface area contributed by atoms with Gasteiger partial charge in [0.25, 0.3) is 0 Å². The Bertz CT molecular complexity index is 978. The van der Waals surface area contributed by atoms with Crippen molar-refractivity contribution in [2.45, 2.75) is 23.9 Å². The van der Waals surface area contributed by atoms with E-state index in [-0.39, 0.29) is 0 Å². The molecule has 138 valence electrons. The van der Waals surface area contributed by atoms with Crippen molar-refractivity contribution in [1.82, 2.24) is 19.7 Å². The van der Waals surface area contributed by atoms with Gasteiger partial charge in [-0.25, -0.2) is 4.98 Å². The summed E-state index contributed by atoms with van der Waals surface area (Å²) in [7, 11) is 1.65. The molecule has 8 heteroatoms. The molecule has 0 N–H and O–H groups in total. The Balaban J connectivity index is 1.37. The number of oxazole rings is 1. The molecule has 0 aliphatic rings. The number of thioether (sulfide) groups is 1. The normalized spacial score (nSPS) is 11.0. The van der Waals surface area contributed by atoms with E-state index in [4.69, 9.17) is 9.15 Å². The van der Waals surface area contributed by atoms with Crippen molar-refractivity contribution >= 4 is 23.1 Å². The molecule has 3 aromatic heterocycles. The van der Waals surface area contributed by atoms with Crippen molar-refractivity contribution in [2.75, 3.05) is 7.11 Å². The van der Waals surface area contributed by atoms with Gasteiger partial charge in [0.15, 0.2) is 5.16 Å². The summed E-state index contributed by atoms with van der Waals surface area (Å²) in [5, 5.41) is 11.3. The minimum Gasteiger partial charge on any atom is -0.497 e. The van der Waals surface area contributed by atoms with Crippen LogP contribution in [0, 0.1) is 0 Å². The first kappa shape index (κ1) is 17.8. The number of aromatic nitrogens is 4. The predicted molar refractivity (Wildman–Crippen MR) is 106 cm³/mol. The molecule has 1 aromatic carbocycles. The van der Waals surface area contributed by atoms with Gasteiger partial charge in [0.05, 0.1) is 12.8 Å². The lowest BCUT2D eigenvalue weighted by Gasteiger charge is -2.04. The highest BCUT2D eigenvalue weighted by Crippen LogP contribution is 2.25. The predicted octanol–water partition coefficient (Wildman–Crippen LogP) is 4.54. The first-order valence-electron chi connectivity index (χ1n) is 8.43. The lowest BCUT2D eigenvalue weighted by atomic mass is 10.2. The largest absolute Gasteiger partial charge is 0.497 e. The molecule has 0 saturated heterocycles. The summed E-state index contributed by atoms with van der Waals surface area (Å²) in [6, 6.07) is 11.9. The van der Waals surface area contributed by atoms with Crippen molar-refractivity contribution < 1.29 is 9.15 Å². The Morgan fingerprint density at radius 2 is 2.11 bits per heavy atom. The lowest BCUT2D eigenvalue weighted by molar-refractivity contribution is 0.415. The van der Waals surface area contributed by atoms with E-state index >= 15 is 0 Å². The molecule has 0 bridgehead atoms. The first-order chi connectivity index (χ1) is 13.3. The van der Waals surface area contributed by atoms with Crippen molar-refractivity contribution in [3.63, 3.8) is 0 Å². The second-order valence-electron chi connectivity index (χ2n) is 5.80. The van der Waals surface area contributed by atoms with Crippen LogP contribution in [0.25, 0.3) is 11.5 Å². The van der Waals surface area contributed by atoms with Gasteiger partial charge in [0.1, 0.15) is 18.3 Å². The van der Waals surface area contributed by atoms with Gasteiger partial charge < -0.3 is 13.7 Å². The summed E-state index contributed by atoms with van der Waals surface area (Å²) in [6.07, 6.45) is 4.45. The molecule has 0 unspecified atom stereocenters. The van der Waals surface area contributed by atoms with Crippen LogP contribution >= 0.6 is 23.1 Å². The topological polar surface area (TPSA) is 66.0 Å². The molecular weight excluding hydrogens is 380 g/mol. The van der Waals surface area contributed by atoms with E-state index in [0.717, 1.165) is 35.1 Å². The quantitative estimate of drug-likeness (QED) is 0.406. The van der Waals surface area contributed by atoms with Gasteiger partial charge in [-0.1, -0.05) is 17.8 Å². The molecule has 0 atom stereocenters. The molecule has 0 spiro atoms. The minimum absolute atomic E-state index is 0.604. The van der Waals surface area contributed by atoms with Gasteiger partial charge in [0.2, 0.25) is 5.89 Å². The highest BCUT2D eigenvalue weighted by Gasteiger charge is 2.10. The molecule has 4 rings (SSSR count). The van der Waals surface area contributed by atoms with E-state index < -0.39 is 0 Å². The van der Waals surface area contributed by atoms with E-state index in [0.29, 0.717) is 11.6 Å². The summed E-state index contributed by atoms with van der Waals surface area (Å²) in [4.78, 5) is 5.93. The Kier molecular flexibility index (Phi) is 5.55. The number of ether oxygens (including phenoxy) is 1. The second-order valence-corrected chi connectivity index (χ2v) is 7.77. The highest BCUT2D eigenvalue weighted by atomic mass is 32.2. The zero-order valence-electron chi connectivity index (χ0n) is 14.7. The van der Waals surface area contributed by atoms with Crippen LogP contribution in [0.5, 0.6) is 5.75 Å². The molecule has 0 fully saturated rings. The third kappa shape index (κ3) is 4.40. The van der Waals surface area contributed by atoms with E-state index in [1.165, 1.54) is 4.88 Å². The molecular formula is C19H18N4O2S2. The number of aryl methyl sites for hydroxylation is 2. The molecule has 0 radical (unpaired) electrons. The number of nitrogens with zero attached hydrogens (tertiary/aromatic N) is 4. The van der Waals surface area contributed by atoms with E-state index in [9.17, 15) is 0 Å². The fourth-order valence-corrected chi connectivity index (χ4v) is 4.09. The van der Waals surface area contributed by atoms with Crippen molar-refractivity contribution in [3.8, 4) is 17.2 Å². The second kappa shape index (κ2) is 8.41. The van der Waals surface area contributed by atoms with Crippen LogP contribution in [0.1, 0.15) is 10.6 Å². The van der Waals surface area contributed by atoms with Crippen LogP contribution < -0.4 is 4.74 Å². The maximum absolute atomic E-state index is 5.61. The van der Waals surface area contributed by atoms with Gasteiger partial charge in [-0.3, -0.25) is 0 Å². The Morgan fingerprint density at radius 3 is 2.89 bits per heavy atom. The standard InChI is InChI=1S/C19H18N4O2S2/c1-24-16-6-4-14(5-7-16)18-21-15(11-25-18)12-27-19-22-20-13-23(19)9-8-17-3-2-10-26-17/h2-7,10-11,13H,8-9,12H2,1H3. The number of hydrogen-bond donors (Lipinski definition) is 0. The Hall–Kier alpha value is -2.58. The maximum Gasteiger partial charge on any atom is 0.226 e. The molecule has 4 aromatic rings. The number of methoxy groups -OCH3 is 1. The maximum atomic E-state index is 5.61. The fraction of sp³-hybridized carbons (Fsp3) is 0.211. The Morgan fingerprint density at radius 1 is 1.22 bits per heavy atom. The monoisotopic (exact) mass is 398 g/mol. The molecule has 0 aliphatic heterocycles. The summed E-state index contributed by atoms with van der Waals surface area (Å²) in [5.41, 5.74) is 1.80. The average Bonchev–Trinajstić information content (AvgIpc) is 3.46. The number of thiophene rings is 1. The minimum atomic E-state index is 0.604. The molecule has 3 heterocycles. The average molecular weight is 399 g/mol. The summed E-state index contributed by atoms with van der Waals surface area (Å²) in [6.45, 7) is 0.867. The van der Waals surface area contributed by atoms with Crippen LogP contribution in [0.4, 0.5) is 0 Å². The smallest absolute Gasteiger partial charge is 0.226 e. The molecule has 0 saturated carbocycles. The number of benzene rings is 1. The summed E-state index contributed by atoms with van der Waals surface area (Å²) < 4.78 is 12.9. The summed E-state index contributed by atoms with van der Waals surface area (Å²) >= 11 is 3.38. The SMILES string of the molecule is COc1ccc(-c2nc(CSc3nncn3CCc3cccs3)co2)cc1. The first-order valence-corrected chi connectivity index (χ1v) is 10.3. The van der Waals surface area contributed by atoms with Crippen LogP contribution in [0.2, 0.25) is 0 Å². The molecule has 0 amide bonds. The van der Waals surface area contributed by atoms with Gasteiger partial charge in [-0.15, -0.1) is 21.5 Å². The summed E-state index contributed by atoms with van der Waals surface area (Å²) in [5.74, 6) is 2.09. The van der Waals surface area contributed by atoms with Gasteiger partial charge in [0, 0.05) is 22.7 Å². The highest BCUT2D eigenvalue weighted by molar-refractivity contribution is 7.98. The van der Waals surface area contributed by atoms with E-state index in [2.05, 4.69) is 37.3 Å². The Labute approximate surface area is 165 Å². The van der Waals surface area contributed by atoms with Crippen LogP contribution in [-0.4, -0.2) is 26.9 Å². The van der Waals surface area contributed by atoms with Crippen molar-refractivity contribution in [1.29, 1.82) is 0 Å². The van der Waals surface area contributed by atoms with Crippen molar-refractivity contribution in [2.24, 2.45) is 0 Å². The van der Waals surface area contributed by atoms with Crippen molar-refractivity contribution in [3.05, 3.63) is 64.9 Å². The molecule has 0 aliphatic carbocycles. The van der Waals surface area contributed by atoms with Gasteiger partial charge >= 0.3 is 0 Å². The van der Waals surface area contributed by atoms with Crippen LogP contribution in [0.15, 0.2) is 63.9 Å². The van der Waals surface area contributed by atoms with Gasteiger partial charge in [-0.05, 0) is 42.1 Å². The third-order valence-electron chi connectivity index (χ3n) is 4.00. The molecule has 27 heavy (non-hydrogen) atoms. The van der Waals surface area contributed by atoms with E-state index in [1.54, 1.807) is 42.8 Å². The zero-order chi connectivity index (χ0) is 18.5. The number of hydrogen-bond acceptors (Lipinski definition) is 7. The third-order valence-corrected chi connectivity index (χ3v) is 5.95. The van der Waals surface area contributed by atoms with Gasteiger partial charge in [-0.2, -0.15) is 0 Å². The molecule has 6 nitrogen and oxygen atoms in total.